The number of nitrogens with one attached hydrogen (secondary N) is 1. The van der Waals surface area contributed by atoms with Gasteiger partial charge in [0.25, 0.3) is 0 Å². The lowest BCUT2D eigenvalue weighted by atomic mass is 10.0. The fourth-order valence-electron chi connectivity index (χ4n) is 3.86. The number of aromatic nitrogens is 1. The molecule has 2 aromatic carbocycles. The topological polar surface area (TPSA) is 48.1 Å². The van der Waals surface area contributed by atoms with Gasteiger partial charge in [-0.1, -0.05) is 30.3 Å². The van der Waals surface area contributed by atoms with Crippen molar-refractivity contribution in [2.45, 2.75) is 31.0 Å². The molecule has 9 heteroatoms. The Morgan fingerprint density at radius 3 is 2.23 bits per heavy atom. The van der Waals surface area contributed by atoms with Crippen LogP contribution in [-0.4, -0.2) is 30.3 Å². The predicted octanol–water partition coefficient (Wildman–Crippen LogP) is 6.11. The minimum atomic E-state index is -5.63. The molecule has 0 amide bonds. The van der Waals surface area contributed by atoms with Crippen LogP contribution in [0.15, 0.2) is 54.7 Å². The minimum Gasteiger partial charge on any atom is -0.382 e. The average molecular weight is 436 g/mol. The quantitative estimate of drug-likeness (QED) is 0.502. The molecule has 1 N–H and O–H groups in total. The Bertz CT molecular complexity index is 1060. The summed E-state index contributed by atoms with van der Waals surface area (Å²) in [6.45, 7) is 1.20. The molecule has 4 rings (SSSR count). The van der Waals surface area contributed by atoms with Gasteiger partial charge in [0.05, 0.1) is 17.4 Å². The third-order valence-electron chi connectivity index (χ3n) is 5.50. The lowest BCUT2D eigenvalue weighted by Gasteiger charge is -2.35. The first-order chi connectivity index (χ1) is 14.7. The van der Waals surface area contributed by atoms with E-state index in [1.807, 2.05) is 29.2 Å². The largest absolute Gasteiger partial charge is 0.458 e. The molecular weight excluding hydrogens is 417 g/mol. The maximum absolute atomic E-state index is 13.4. The standard InChI is InChI=1S/C22H19F5N3O/c23-21(24,22(25,26)27)14-5-7-15(8-6-14)29-16-9-11-30(12-10-16)20-17-3-1-2-4-18(17)28-13-19(20)31/h1-8,13,16,29H,9-12H2. The van der Waals surface area contributed by atoms with Gasteiger partial charge >= 0.3 is 12.1 Å². The van der Waals surface area contributed by atoms with Gasteiger partial charge in [0, 0.05) is 35.8 Å². The maximum atomic E-state index is 13.4. The van der Waals surface area contributed by atoms with Crippen LogP contribution in [0.4, 0.5) is 33.3 Å². The van der Waals surface area contributed by atoms with Crippen molar-refractivity contribution in [2.75, 3.05) is 23.3 Å². The van der Waals surface area contributed by atoms with E-state index in [-0.39, 0.29) is 11.8 Å². The van der Waals surface area contributed by atoms with Crippen LogP contribution in [0, 0.1) is 0 Å². The second-order valence-electron chi connectivity index (χ2n) is 7.54. The van der Waals surface area contributed by atoms with Crippen molar-refractivity contribution >= 4 is 22.3 Å². The maximum Gasteiger partial charge on any atom is 0.458 e. The molecule has 1 fully saturated rings. The Hall–Kier alpha value is -3.10. The minimum absolute atomic E-state index is 0.00781. The molecule has 0 bridgehead atoms. The number of rotatable bonds is 4. The highest BCUT2D eigenvalue weighted by atomic mass is 19.4. The molecule has 1 aliphatic rings. The molecule has 163 valence electrons. The zero-order valence-corrected chi connectivity index (χ0v) is 16.3. The van der Waals surface area contributed by atoms with Crippen LogP contribution in [0.3, 0.4) is 0 Å². The number of hydrogen-bond acceptors (Lipinski definition) is 3. The Labute approximate surface area is 175 Å². The van der Waals surface area contributed by atoms with Crippen LogP contribution in [-0.2, 0) is 11.0 Å². The predicted molar refractivity (Wildman–Crippen MR) is 107 cm³/mol. The summed E-state index contributed by atoms with van der Waals surface area (Å²) in [5.74, 6) is -5.04. The average Bonchev–Trinajstić information content (AvgIpc) is 2.74. The summed E-state index contributed by atoms with van der Waals surface area (Å²) in [6.07, 6.45) is -2.96. The van der Waals surface area contributed by atoms with Crippen LogP contribution >= 0.6 is 0 Å². The highest BCUT2D eigenvalue weighted by molar-refractivity contribution is 5.94. The summed E-state index contributed by atoms with van der Waals surface area (Å²) in [5, 5.41) is 16.4. The molecule has 0 saturated carbocycles. The zero-order chi connectivity index (χ0) is 22.2. The lowest BCUT2D eigenvalue weighted by Crippen LogP contribution is -2.39. The van der Waals surface area contributed by atoms with Crippen molar-refractivity contribution in [2.24, 2.45) is 0 Å². The summed E-state index contributed by atoms with van der Waals surface area (Å²) in [5.41, 5.74) is 0.739. The zero-order valence-electron chi connectivity index (χ0n) is 16.3. The first kappa shape index (κ1) is 21.1. The number of halogens is 5. The van der Waals surface area contributed by atoms with Crippen LogP contribution in [0.5, 0.6) is 5.75 Å². The Kier molecular flexibility index (Phi) is 5.36. The number of hydrogen-bond donors (Lipinski definition) is 1. The second kappa shape index (κ2) is 7.86. The van der Waals surface area contributed by atoms with Gasteiger partial charge in [-0.2, -0.15) is 22.0 Å². The van der Waals surface area contributed by atoms with E-state index in [2.05, 4.69) is 10.3 Å². The van der Waals surface area contributed by atoms with Crippen molar-refractivity contribution in [1.82, 2.24) is 4.98 Å². The molecule has 0 aliphatic carbocycles. The molecule has 2 heterocycles. The van der Waals surface area contributed by atoms with Crippen LogP contribution in [0.2, 0.25) is 0 Å². The first-order valence-corrected chi connectivity index (χ1v) is 9.78. The van der Waals surface area contributed by atoms with Gasteiger partial charge in [0.2, 0.25) is 5.75 Å². The highest BCUT2D eigenvalue weighted by Crippen LogP contribution is 2.44. The molecular formula is C22H19F5N3O. The van der Waals surface area contributed by atoms with Gasteiger partial charge in [-0.3, -0.25) is 10.1 Å². The molecule has 4 nitrogen and oxygen atoms in total. The smallest absolute Gasteiger partial charge is 0.382 e. The van der Waals surface area contributed by atoms with Gasteiger partial charge in [-0.15, -0.1) is 0 Å². The number of fused-ring (bicyclic) bond motifs is 1. The van der Waals surface area contributed by atoms with Crippen molar-refractivity contribution in [3.8, 4) is 5.75 Å². The molecule has 1 aromatic heterocycles. The Morgan fingerprint density at radius 1 is 0.935 bits per heavy atom. The van der Waals surface area contributed by atoms with E-state index in [0.717, 1.165) is 23.0 Å². The second-order valence-corrected chi connectivity index (χ2v) is 7.54. The SMILES string of the molecule is [O]c1cnc2ccccc2c1N1CCC(Nc2ccc(C(F)(F)C(F)(F)F)cc2)CC1. The first-order valence-electron chi connectivity index (χ1n) is 9.78. The molecule has 1 aliphatic heterocycles. The van der Waals surface area contributed by atoms with E-state index in [1.165, 1.54) is 18.3 Å². The monoisotopic (exact) mass is 436 g/mol. The van der Waals surface area contributed by atoms with Gasteiger partial charge < -0.3 is 10.2 Å². The fraction of sp³-hybridized carbons (Fsp3) is 0.318. The normalized spacial score (nSPS) is 16.0. The molecule has 3 aromatic rings. The number of para-hydroxylation sites is 1. The number of nitrogens with zero attached hydrogens (tertiary/aromatic N) is 2. The van der Waals surface area contributed by atoms with E-state index in [1.54, 1.807) is 0 Å². The summed E-state index contributed by atoms with van der Waals surface area (Å²) in [7, 11) is 0. The third-order valence-corrected chi connectivity index (χ3v) is 5.50. The van der Waals surface area contributed by atoms with Gasteiger partial charge in [-0.05, 0) is 31.0 Å². The van der Waals surface area contributed by atoms with Gasteiger partial charge in [0.15, 0.2) is 0 Å². The molecule has 0 unspecified atom stereocenters. The molecule has 0 spiro atoms. The third kappa shape index (κ3) is 4.08. The van der Waals surface area contributed by atoms with Crippen molar-refractivity contribution < 1.29 is 27.1 Å². The molecule has 1 saturated heterocycles. The lowest BCUT2D eigenvalue weighted by molar-refractivity contribution is -0.289. The van der Waals surface area contributed by atoms with Crippen LogP contribution < -0.4 is 10.2 Å². The van der Waals surface area contributed by atoms with E-state index in [9.17, 15) is 27.1 Å². The molecule has 31 heavy (non-hydrogen) atoms. The molecule has 1 radical (unpaired) electrons. The van der Waals surface area contributed by atoms with Crippen molar-refractivity contribution in [3.63, 3.8) is 0 Å². The fourth-order valence-corrected chi connectivity index (χ4v) is 3.86. The van der Waals surface area contributed by atoms with Crippen LogP contribution in [0.25, 0.3) is 10.9 Å². The number of pyridine rings is 1. The Morgan fingerprint density at radius 2 is 1.58 bits per heavy atom. The number of piperidine rings is 1. The highest BCUT2D eigenvalue weighted by Gasteiger charge is 2.58. The molecule has 0 atom stereocenters. The van der Waals surface area contributed by atoms with Crippen molar-refractivity contribution in [1.29, 1.82) is 0 Å². The van der Waals surface area contributed by atoms with Gasteiger partial charge in [0.1, 0.15) is 0 Å². The van der Waals surface area contributed by atoms with Crippen LogP contribution in [0.1, 0.15) is 18.4 Å². The summed E-state index contributed by atoms with van der Waals surface area (Å²) in [6, 6.07) is 11.5. The van der Waals surface area contributed by atoms with E-state index in [4.69, 9.17) is 0 Å². The van der Waals surface area contributed by atoms with E-state index < -0.39 is 17.7 Å². The summed E-state index contributed by atoms with van der Waals surface area (Å²) < 4.78 is 64.3. The summed E-state index contributed by atoms with van der Waals surface area (Å²) in [4.78, 5) is 6.18. The number of benzene rings is 2. The number of anilines is 2. The van der Waals surface area contributed by atoms with E-state index >= 15 is 0 Å². The summed E-state index contributed by atoms with van der Waals surface area (Å²) >= 11 is 0. The van der Waals surface area contributed by atoms with Gasteiger partial charge in [-0.25, -0.2) is 0 Å². The van der Waals surface area contributed by atoms with Crippen molar-refractivity contribution in [3.05, 3.63) is 60.3 Å². The Balaban J connectivity index is 1.42. The number of alkyl halides is 5. The van der Waals surface area contributed by atoms with E-state index in [0.29, 0.717) is 37.3 Å².